The van der Waals surface area contributed by atoms with Crippen LogP contribution in [-0.2, 0) is 30.7 Å². The van der Waals surface area contributed by atoms with Crippen molar-refractivity contribution in [2.75, 3.05) is 9.80 Å². The van der Waals surface area contributed by atoms with Gasteiger partial charge in [0.2, 0.25) is 0 Å². The molecule has 0 aliphatic heterocycles. The van der Waals surface area contributed by atoms with E-state index in [2.05, 4.69) is 318 Å². The van der Waals surface area contributed by atoms with Crippen LogP contribution in [0, 0.1) is 0 Å². The lowest BCUT2D eigenvalue weighted by molar-refractivity contribution is 0.590. The molecule has 3 nitrogen and oxygen atoms in total. The van der Waals surface area contributed by atoms with Crippen LogP contribution in [0.15, 0.2) is 255 Å². The minimum absolute atomic E-state index is 0.00375. The summed E-state index contributed by atoms with van der Waals surface area (Å²) in [6.07, 6.45) is 1.47. The highest BCUT2D eigenvalue weighted by atomic mass is 15.2. The van der Waals surface area contributed by atoms with Gasteiger partial charge in [-0.15, -0.1) is 0 Å². The fraction of sp³-hybridized carbons (Fsp3) is 0.143. The van der Waals surface area contributed by atoms with Gasteiger partial charge >= 0.3 is 0 Å². The molecule has 0 spiro atoms. The van der Waals surface area contributed by atoms with Gasteiger partial charge in [-0.1, -0.05) is 224 Å². The van der Waals surface area contributed by atoms with Crippen LogP contribution < -0.4 is 9.80 Å². The Morgan fingerprint density at radius 1 is 0.338 bits per heavy atom. The molecule has 0 saturated heterocycles. The largest absolute Gasteiger partial charge is 0.342 e. The molecule has 0 amide bonds. The summed E-state index contributed by atoms with van der Waals surface area (Å²) in [6, 6.07) is 95.3. The summed E-state index contributed by atoms with van der Waals surface area (Å²) in [5.41, 5.74) is 26.8. The Balaban J connectivity index is 1.09. The topological polar surface area (TPSA) is 11.4 Å². The van der Waals surface area contributed by atoms with Crippen LogP contribution in [0.4, 0.5) is 34.1 Å². The average molecular weight is 1030 g/mol. The SMILES string of the molecule is Cn1c2ccccc2c2c3c(cc(N(c4ccc(-c5ccccc5)cc4)c4ccc(C(C)(C)C)cc4)c21)Cc1ccccc1-c1ccccc1Cc1cc(N(c2ccc(-c4ccccc4)cc2)c2ccc(C(C)(C)C)cc2)ccc1-3. The smallest absolute Gasteiger partial charge is 0.0740 e. The zero-order valence-electron chi connectivity index (χ0n) is 47.0. The molecular weight excluding hydrogens is 967 g/mol. The first-order valence-electron chi connectivity index (χ1n) is 28.3. The van der Waals surface area contributed by atoms with Crippen molar-refractivity contribution in [1.82, 2.24) is 4.57 Å². The number of aryl methyl sites for hydroxylation is 1. The molecule has 0 fully saturated rings. The van der Waals surface area contributed by atoms with Crippen LogP contribution >= 0.6 is 0 Å². The lowest BCUT2D eigenvalue weighted by Crippen LogP contribution is -2.15. The second-order valence-electron chi connectivity index (χ2n) is 23.8. The molecule has 1 aliphatic rings. The van der Waals surface area contributed by atoms with Gasteiger partial charge in [0.15, 0.2) is 0 Å². The van der Waals surface area contributed by atoms with Crippen molar-refractivity contribution < 1.29 is 0 Å². The summed E-state index contributed by atoms with van der Waals surface area (Å²) in [6.45, 7) is 13.7. The van der Waals surface area contributed by atoms with E-state index in [1.165, 1.54) is 99.7 Å². The van der Waals surface area contributed by atoms with Gasteiger partial charge in [-0.25, -0.2) is 0 Å². The summed E-state index contributed by atoms with van der Waals surface area (Å²) >= 11 is 0. The third-order valence-corrected chi connectivity index (χ3v) is 16.6. The van der Waals surface area contributed by atoms with Gasteiger partial charge in [-0.2, -0.15) is 0 Å². The molecule has 11 aromatic carbocycles. The van der Waals surface area contributed by atoms with Gasteiger partial charge in [-0.05, 0) is 174 Å². The van der Waals surface area contributed by atoms with Crippen molar-refractivity contribution in [3.8, 4) is 44.5 Å². The molecule has 0 saturated carbocycles. The molecule has 80 heavy (non-hydrogen) atoms. The Morgan fingerprint density at radius 3 is 1.26 bits per heavy atom. The standard InChI is InChI=1S/C77H67N3/c1-76(2,3)60-34-42-63(43-35-60)79(62-38-30-54(31-39-62)52-20-10-8-11-21-52)66-46-47-69-58(50-66)48-56-24-14-16-26-67(56)68-27-17-15-25-57(68)49-59-51-72(75-74(73(59)69)70-28-18-19-29-71(70)78(75)7)80(65-44-36-61(37-45-65)77(4,5)6)64-40-32-55(33-41-64)53-22-12-9-13-23-53/h8-47,50-51H,48-49H2,1-7H3. The highest BCUT2D eigenvalue weighted by Gasteiger charge is 2.29. The summed E-state index contributed by atoms with van der Waals surface area (Å²) < 4.78 is 2.45. The first-order valence-corrected chi connectivity index (χ1v) is 28.3. The van der Waals surface area contributed by atoms with Crippen LogP contribution in [0.2, 0.25) is 0 Å². The molecule has 0 atom stereocenters. The molecule has 390 valence electrons. The maximum atomic E-state index is 2.54. The highest BCUT2D eigenvalue weighted by molar-refractivity contribution is 6.20. The molecule has 12 aromatic rings. The number of nitrogens with zero attached hydrogens (tertiary/aromatic N) is 3. The van der Waals surface area contributed by atoms with E-state index in [0.29, 0.717) is 0 Å². The van der Waals surface area contributed by atoms with E-state index in [9.17, 15) is 0 Å². The second kappa shape index (κ2) is 20.2. The summed E-state index contributed by atoms with van der Waals surface area (Å²) in [5.74, 6) is 0. The van der Waals surface area contributed by atoms with Crippen molar-refractivity contribution in [1.29, 1.82) is 0 Å². The van der Waals surface area contributed by atoms with E-state index in [4.69, 9.17) is 0 Å². The summed E-state index contributed by atoms with van der Waals surface area (Å²) in [5, 5.41) is 2.50. The first kappa shape index (κ1) is 50.3. The number of aromatic nitrogens is 1. The van der Waals surface area contributed by atoms with Crippen molar-refractivity contribution in [3.63, 3.8) is 0 Å². The minimum Gasteiger partial charge on any atom is -0.342 e. The van der Waals surface area contributed by atoms with Crippen molar-refractivity contribution in [2.24, 2.45) is 7.05 Å². The van der Waals surface area contributed by atoms with Crippen molar-refractivity contribution >= 4 is 55.9 Å². The van der Waals surface area contributed by atoms with Crippen LogP contribution in [0.5, 0.6) is 0 Å². The zero-order valence-corrected chi connectivity index (χ0v) is 47.0. The lowest BCUT2D eigenvalue weighted by Gasteiger charge is -2.31. The number of rotatable bonds is 8. The monoisotopic (exact) mass is 1030 g/mol. The zero-order chi connectivity index (χ0) is 54.7. The third kappa shape index (κ3) is 9.27. The van der Waals surface area contributed by atoms with Gasteiger partial charge in [0, 0.05) is 51.8 Å². The fourth-order valence-corrected chi connectivity index (χ4v) is 12.4. The molecule has 3 heteroatoms. The summed E-state index contributed by atoms with van der Waals surface area (Å²) in [7, 11) is 2.27. The quantitative estimate of drug-likeness (QED) is 0.150. The predicted molar refractivity (Wildman–Crippen MR) is 341 cm³/mol. The van der Waals surface area contributed by atoms with E-state index < -0.39 is 0 Å². The van der Waals surface area contributed by atoms with Crippen LogP contribution in [0.1, 0.15) is 74.9 Å². The number of anilines is 6. The number of para-hydroxylation sites is 1. The van der Waals surface area contributed by atoms with Crippen LogP contribution in [0.3, 0.4) is 0 Å². The van der Waals surface area contributed by atoms with E-state index in [1.54, 1.807) is 0 Å². The number of hydrogen-bond acceptors (Lipinski definition) is 2. The fourth-order valence-electron chi connectivity index (χ4n) is 12.4. The molecule has 0 unspecified atom stereocenters. The average Bonchev–Trinajstić information content (AvgIpc) is 3.86. The minimum atomic E-state index is 0.00375. The maximum Gasteiger partial charge on any atom is 0.0740 e. The molecule has 13 rings (SSSR count). The number of hydrogen-bond donors (Lipinski definition) is 0. The summed E-state index contributed by atoms with van der Waals surface area (Å²) in [4.78, 5) is 4.96. The van der Waals surface area contributed by atoms with Crippen molar-refractivity contribution in [2.45, 2.75) is 65.2 Å². The Labute approximate surface area is 472 Å². The van der Waals surface area contributed by atoms with Gasteiger partial charge in [0.1, 0.15) is 0 Å². The van der Waals surface area contributed by atoms with Gasteiger partial charge in [0.25, 0.3) is 0 Å². The molecule has 1 aromatic heterocycles. The number of benzene rings is 11. The van der Waals surface area contributed by atoms with Crippen LogP contribution in [0.25, 0.3) is 66.3 Å². The second-order valence-corrected chi connectivity index (χ2v) is 23.8. The van der Waals surface area contributed by atoms with Crippen LogP contribution in [-0.4, -0.2) is 4.57 Å². The number of fused-ring (bicyclic) bond motifs is 10. The predicted octanol–water partition coefficient (Wildman–Crippen LogP) is 21.0. The van der Waals surface area contributed by atoms with E-state index in [-0.39, 0.29) is 10.8 Å². The Morgan fingerprint density at radius 2 is 0.750 bits per heavy atom. The Hall–Kier alpha value is -9.18. The van der Waals surface area contributed by atoms with Crippen molar-refractivity contribution in [3.05, 3.63) is 288 Å². The highest BCUT2D eigenvalue weighted by Crippen LogP contribution is 2.51. The Bertz CT molecular complexity index is 4210. The maximum absolute atomic E-state index is 2.54. The van der Waals surface area contributed by atoms with E-state index in [1.807, 2.05) is 0 Å². The molecule has 1 aliphatic carbocycles. The van der Waals surface area contributed by atoms with E-state index in [0.717, 1.165) is 47.0 Å². The lowest BCUT2D eigenvalue weighted by atomic mass is 9.82. The van der Waals surface area contributed by atoms with Gasteiger partial charge in [0.05, 0.1) is 11.2 Å². The van der Waals surface area contributed by atoms with E-state index >= 15 is 0 Å². The molecule has 0 bridgehead atoms. The molecule has 0 radical (unpaired) electrons. The third-order valence-electron chi connectivity index (χ3n) is 16.6. The molecular formula is C77H67N3. The Kier molecular flexibility index (Phi) is 12.7. The molecule has 1 heterocycles. The van der Waals surface area contributed by atoms with Gasteiger partial charge in [-0.3, -0.25) is 0 Å². The molecule has 0 N–H and O–H groups in total. The van der Waals surface area contributed by atoms with Gasteiger partial charge < -0.3 is 14.4 Å². The normalized spacial score (nSPS) is 12.3. The first-order chi connectivity index (χ1) is 38.9.